The predicted octanol–water partition coefficient (Wildman–Crippen LogP) is 3.06. The first kappa shape index (κ1) is 12.0. The van der Waals surface area contributed by atoms with Gasteiger partial charge in [0.05, 0.1) is 0 Å². The Balaban J connectivity index is 3.61. The van der Waals surface area contributed by atoms with Crippen LogP contribution in [0.1, 0.15) is 47.5 Å². The standard InChI is InChI=1S/C11H25N/c1-6-11(7-2)10(5)12-8-9(3)4/h9-12H,6-8H2,1-5H3. The zero-order valence-electron chi connectivity index (χ0n) is 9.35. The molecule has 1 N–H and O–H groups in total. The van der Waals surface area contributed by atoms with Crippen molar-refractivity contribution in [1.29, 1.82) is 0 Å². The summed E-state index contributed by atoms with van der Waals surface area (Å²) < 4.78 is 0. The van der Waals surface area contributed by atoms with Crippen molar-refractivity contribution in [3.05, 3.63) is 0 Å². The quantitative estimate of drug-likeness (QED) is 0.647. The van der Waals surface area contributed by atoms with Crippen LogP contribution in [0.5, 0.6) is 0 Å². The van der Waals surface area contributed by atoms with Crippen LogP contribution < -0.4 is 5.32 Å². The average Bonchev–Trinajstić information content (AvgIpc) is 2.03. The van der Waals surface area contributed by atoms with Crippen LogP contribution in [-0.2, 0) is 0 Å². The van der Waals surface area contributed by atoms with E-state index >= 15 is 0 Å². The van der Waals surface area contributed by atoms with Crippen LogP contribution in [0, 0.1) is 11.8 Å². The summed E-state index contributed by atoms with van der Waals surface area (Å²) in [6.45, 7) is 12.5. The lowest BCUT2D eigenvalue weighted by molar-refractivity contribution is 0.341. The summed E-state index contributed by atoms with van der Waals surface area (Å²) in [5, 5.41) is 3.58. The van der Waals surface area contributed by atoms with Gasteiger partial charge >= 0.3 is 0 Å². The van der Waals surface area contributed by atoms with Crippen LogP contribution >= 0.6 is 0 Å². The molecule has 1 heteroatoms. The van der Waals surface area contributed by atoms with Crippen molar-refractivity contribution in [2.24, 2.45) is 11.8 Å². The molecule has 0 bridgehead atoms. The average molecular weight is 171 g/mol. The summed E-state index contributed by atoms with van der Waals surface area (Å²) in [6.07, 6.45) is 2.59. The molecule has 0 aromatic carbocycles. The molecule has 0 aliphatic rings. The highest BCUT2D eigenvalue weighted by molar-refractivity contribution is 4.70. The summed E-state index contributed by atoms with van der Waals surface area (Å²) in [5.74, 6) is 1.62. The summed E-state index contributed by atoms with van der Waals surface area (Å²) in [6, 6.07) is 0.683. The monoisotopic (exact) mass is 171 g/mol. The highest BCUT2D eigenvalue weighted by Crippen LogP contribution is 2.12. The van der Waals surface area contributed by atoms with Gasteiger partial charge in [0.1, 0.15) is 0 Å². The van der Waals surface area contributed by atoms with Crippen LogP contribution in [0.2, 0.25) is 0 Å². The van der Waals surface area contributed by atoms with E-state index in [2.05, 4.69) is 39.9 Å². The maximum Gasteiger partial charge on any atom is 0.00669 e. The normalized spacial score (nSPS) is 14.2. The van der Waals surface area contributed by atoms with Crippen molar-refractivity contribution < 1.29 is 0 Å². The SMILES string of the molecule is CCC(CC)C(C)NCC(C)C. The molecule has 1 nitrogen and oxygen atoms in total. The predicted molar refractivity (Wildman–Crippen MR) is 56.4 cm³/mol. The van der Waals surface area contributed by atoms with Crippen LogP contribution in [0.4, 0.5) is 0 Å². The second kappa shape index (κ2) is 6.47. The van der Waals surface area contributed by atoms with Crippen LogP contribution in [0.15, 0.2) is 0 Å². The number of nitrogens with one attached hydrogen (secondary N) is 1. The van der Waals surface area contributed by atoms with E-state index in [0.29, 0.717) is 6.04 Å². The van der Waals surface area contributed by atoms with Crippen molar-refractivity contribution in [2.45, 2.75) is 53.5 Å². The maximum atomic E-state index is 3.58. The third kappa shape index (κ3) is 4.76. The fraction of sp³-hybridized carbons (Fsp3) is 1.00. The van der Waals surface area contributed by atoms with Gasteiger partial charge in [0.25, 0.3) is 0 Å². The van der Waals surface area contributed by atoms with Gasteiger partial charge in [0, 0.05) is 6.04 Å². The Hall–Kier alpha value is -0.0400. The molecule has 1 atom stereocenters. The molecule has 0 heterocycles. The lowest BCUT2D eigenvalue weighted by atomic mass is 9.95. The Morgan fingerprint density at radius 3 is 1.83 bits per heavy atom. The smallest absolute Gasteiger partial charge is 0.00669 e. The van der Waals surface area contributed by atoms with Crippen molar-refractivity contribution in [3.63, 3.8) is 0 Å². The first-order chi connectivity index (χ1) is 5.61. The lowest BCUT2D eigenvalue weighted by Crippen LogP contribution is -2.35. The summed E-state index contributed by atoms with van der Waals surface area (Å²) in [5.41, 5.74) is 0. The largest absolute Gasteiger partial charge is 0.314 e. The molecular formula is C11H25N. The molecule has 0 aromatic heterocycles. The highest BCUT2D eigenvalue weighted by Gasteiger charge is 2.12. The third-order valence-electron chi connectivity index (χ3n) is 2.60. The van der Waals surface area contributed by atoms with Crippen LogP contribution in [0.25, 0.3) is 0 Å². The van der Waals surface area contributed by atoms with E-state index in [9.17, 15) is 0 Å². The summed E-state index contributed by atoms with van der Waals surface area (Å²) in [4.78, 5) is 0. The number of hydrogen-bond donors (Lipinski definition) is 1. The van der Waals surface area contributed by atoms with Gasteiger partial charge in [-0.05, 0) is 25.3 Å². The van der Waals surface area contributed by atoms with Gasteiger partial charge in [-0.15, -0.1) is 0 Å². The first-order valence-electron chi connectivity index (χ1n) is 5.35. The minimum Gasteiger partial charge on any atom is -0.314 e. The minimum absolute atomic E-state index is 0.683. The molecular weight excluding hydrogens is 146 g/mol. The highest BCUT2D eigenvalue weighted by atomic mass is 14.9. The van der Waals surface area contributed by atoms with Gasteiger partial charge in [0.2, 0.25) is 0 Å². The van der Waals surface area contributed by atoms with Crippen molar-refractivity contribution >= 4 is 0 Å². The zero-order valence-corrected chi connectivity index (χ0v) is 9.35. The van der Waals surface area contributed by atoms with Gasteiger partial charge in [-0.2, -0.15) is 0 Å². The molecule has 0 fully saturated rings. The molecule has 12 heavy (non-hydrogen) atoms. The van der Waals surface area contributed by atoms with E-state index in [-0.39, 0.29) is 0 Å². The van der Waals surface area contributed by atoms with Crippen LogP contribution in [0.3, 0.4) is 0 Å². The first-order valence-corrected chi connectivity index (χ1v) is 5.35. The Morgan fingerprint density at radius 1 is 1.00 bits per heavy atom. The fourth-order valence-electron chi connectivity index (χ4n) is 1.58. The lowest BCUT2D eigenvalue weighted by Gasteiger charge is -2.23. The maximum absolute atomic E-state index is 3.58. The Labute approximate surface area is 77.9 Å². The molecule has 0 saturated heterocycles. The molecule has 0 rings (SSSR count). The van der Waals surface area contributed by atoms with Crippen LogP contribution in [-0.4, -0.2) is 12.6 Å². The number of rotatable bonds is 6. The Bertz CT molecular complexity index is 95.2. The summed E-state index contributed by atoms with van der Waals surface area (Å²) >= 11 is 0. The Morgan fingerprint density at radius 2 is 1.50 bits per heavy atom. The van der Waals surface area contributed by atoms with Gasteiger partial charge in [-0.1, -0.05) is 40.5 Å². The third-order valence-corrected chi connectivity index (χ3v) is 2.60. The molecule has 74 valence electrons. The molecule has 0 amide bonds. The molecule has 0 radical (unpaired) electrons. The molecule has 0 aliphatic carbocycles. The van der Waals surface area contributed by atoms with Gasteiger partial charge in [-0.3, -0.25) is 0 Å². The second-order valence-electron chi connectivity index (χ2n) is 4.17. The van der Waals surface area contributed by atoms with E-state index < -0.39 is 0 Å². The van der Waals surface area contributed by atoms with Crippen molar-refractivity contribution in [1.82, 2.24) is 5.32 Å². The molecule has 0 aromatic rings. The van der Waals surface area contributed by atoms with E-state index in [0.717, 1.165) is 18.4 Å². The van der Waals surface area contributed by atoms with Crippen molar-refractivity contribution in [2.75, 3.05) is 6.54 Å². The molecule has 1 unspecified atom stereocenters. The molecule has 0 spiro atoms. The molecule has 0 saturated carbocycles. The van der Waals surface area contributed by atoms with Crippen molar-refractivity contribution in [3.8, 4) is 0 Å². The van der Waals surface area contributed by atoms with E-state index in [1.165, 1.54) is 12.8 Å². The summed E-state index contributed by atoms with van der Waals surface area (Å²) in [7, 11) is 0. The van der Waals surface area contributed by atoms with E-state index in [1.807, 2.05) is 0 Å². The van der Waals surface area contributed by atoms with Gasteiger partial charge in [0.15, 0.2) is 0 Å². The minimum atomic E-state index is 0.683. The zero-order chi connectivity index (χ0) is 9.56. The Kier molecular flexibility index (Phi) is 6.45. The number of hydrogen-bond acceptors (Lipinski definition) is 1. The second-order valence-corrected chi connectivity index (χ2v) is 4.17. The van der Waals surface area contributed by atoms with Gasteiger partial charge < -0.3 is 5.32 Å². The van der Waals surface area contributed by atoms with E-state index in [1.54, 1.807) is 0 Å². The van der Waals surface area contributed by atoms with E-state index in [4.69, 9.17) is 0 Å². The fourth-order valence-corrected chi connectivity index (χ4v) is 1.58. The topological polar surface area (TPSA) is 12.0 Å². The van der Waals surface area contributed by atoms with Gasteiger partial charge in [-0.25, -0.2) is 0 Å². The molecule has 0 aliphatic heterocycles.